The number of nitrogens with zero attached hydrogens (tertiary/aromatic N) is 2. The van der Waals surface area contributed by atoms with E-state index < -0.39 is 0 Å². The number of nitrogens with two attached hydrogens (primary N) is 1. The maximum absolute atomic E-state index is 11.9. The second-order valence-corrected chi connectivity index (χ2v) is 5.31. The highest BCUT2D eigenvalue weighted by molar-refractivity contribution is 5.76. The molecule has 4 nitrogen and oxygen atoms in total. The zero-order valence-electron chi connectivity index (χ0n) is 11.5. The summed E-state index contributed by atoms with van der Waals surface area (Å²) in [5.41, 5.74) is 5.75. The highest BCUT2D eigenvalue weighted by atomic mass is 16.2. The smallest absolute Gasteiger partial charge is 0.222 e. The van der Waals surface area contributed by atoms with Crippen LogP contribution in [0.5, 0.6) is 0 Å². The van der Waals surface area contributed by atoms with Crippen molar-refractivity contribution in [2.45, 2.75) is 39.7 Å². The molecule has 1 atom stereocenters. The molecule has 4 heteroatoms. The van der Waals surface area contributed by atoms with Crippen molar-refractivity contribution < 1.29 is 4.79 Å². The molecule has 0 bridgehead atoms. The van der Waals surface area contributed by atoms with E-state index in [1.807, 2.05) is 4.90 Å². The van der Waals surface area contributed by atoms with Crippen LogP contribution in [0.1, 0.15) is 33.6 Å². The summed E-state index contributed by atoms with van der Waals surface area (Å²) in [6.45, 7) is 10.7. The number of hydrogen-bond donors (Lipinski definition) is 1. The molecular weight excluding hydrogens is 214 g/mol. The molecule has 2 N–H and O–H groups in total. The molecule has 0 aliphatic carbocycles. The van der Waals surface area contributed by atoms with Gasteiger partial charge in [0, 0.05) is 45.2 Å². The number of hydrogen-bond acceptors (Lipinski definition) is 3. The van der Waals surface area contributed by atoms with Crippen LogP contribution >= 0.6 is 0 Å². The van der Waals surface area contributed by atoms with Crippen LogP contribution in [-0.2, 0) is 4.79 Å². The summed E-state index contributed by atoms with van der Waals surface area (Å²) in [4.78, 5) is 16.3. The van der Waals surface area contributed by atoms with Crippen molar-refractivity contribution in [3.8, 4) is 0 Å². The first kappa shape index (κ1) is 14.5. The molecule has 0 aromatic rings. The monoisotopic (exact) mass is 241 g/mol. The Kier molecular flexibility index (Phi) is 5.92. The second-order valence-electron chi connectivity index (χ2n) is 5.31. The molecule has 1 aliphatic rings. The van der Waals surface area contributed by atoms with Crippen molar-refractivity contribution in [3.05, 3.63) is 0 Å². The lowest BCUT2D eigenvalue weighted by atomic mass is 10.1. The number of rotatable bonds is 5. The number of carbonyl (C=O) groups excluding carboxylic acids is 1. The molecule has 100 valence electrons. The zero-order valence-corrected chi connectivity index (χ0v) is 11.5. The number of carbonyl (C=O) groups is 1. The zero-order chi connectivity index (χ0) is 12.8. The van der Waals surface area contributed by atoms with Gasteiger partial charge in [0.25, 0.3) is 0 Å². The van der Waals surface area contributed by atoms with Crippen LogP contribution < -0.4 is 5.73 Å². The van der Waals surface area contributed by atoms with E-state index in [4.69, 9.17) is 5.73 Å². The quantitative estimate of drug-likeness (QED) is 0.778. The normalized spacial score (nSPS) is 19.7. The van der Waals surface area contributed by atoms with Gasteiger partial charge in [-0.05, 0) is 12.3 Å². The number of piperazine rings is 1. The van der Waals surface area contributed by atoms with Crippen LogP contribution in [0, 0.1) is 5.92 Å². The molecule has 0 aromatic heterocycles. The third-order valence-corrected chi connectivity index (χ3v) is 3.51. The fraction of sp³-hybridized carbons (Fsp3) is 0.923. The topological polar surface area (TPSA) is 49.6 Å². The SMILES string of the molecule is CCC(CN)N1CCN(C(=O)CC(C)C)CC1. The summed E-state index contributed by atoms with van der Waals surface area (Å²) in [5.74, 6) is 0.758. The Morgan fingerprint density at radius 1 is 1.24 bits per heavy atom. The van der Waals surface area contributed by atoms with Gasteiger partial charge in [0.2, 0.25) is 5.91 Å². The van der Waals surface area contributed by atoms with E-state index in [1.165, 1.54) is 0 Å². The van der Waals surface area contributed by atoms with Gasteiger partial charge in [0.1, 0.15) is 0 Å². The van der Waals surface area contributed by atoms with Gasteiger partial charge in [-0.25, -0.2) is 0 Å². The molecule has 1 aliphatic heterocycles. The fourth-order valence-electron chi connectivity index (χ4n) is 2.39. The third kappa shape index (κ3) is 4.28. The lowest BCUT2D eigenvalue weighted by Crippen LogP contribution is -2.53. The van der Waals surface area contributed by atoms with Crippen LogP contribution in [0.25, 0.3) is 0 Å². The van der Waals surface area contributed by atoms with Crippen molar-refractivity contribution in [2.75, 3.05) is 32.7 Å². The van der Waals surface area contributed by atoms with E-state index in [9.17, 15) is 4.79 Å². The largest absolute Gasteiger partial charge is 0.340 e. The summed E-state index contributed by atoms with van der Waals surface area (Å²) in [6, 6.07) is 0.484. The minimum absolute atomic E-state index is 0.306. The van der Waals surface area contributed by atoms with Gasteiger partial charge in [-0.1, -0.05) is 20.8 Å². The summed E-state index contributed by atoms with van der Waals surface area (Å²) in [5, 5.41) is 0. The first-order valence-corrected chi connectivity index (χ1v) is 6.80. The molecule has 1 rings (SSSR count). The molecule has 1 amide bonds. The first-order chi connectivity index (χ1) is 8.08. The van der Waals surface area contributed by atoms with Crippen LogP contribution in [0.3, 0.4) is 0 Å². The van der Waals surface area contributed by atoms with Crippen molar-refractivity contribution in [2.24, 2.45) is 11.7 Å². The van der Waals surface area contributed by atoms with Crippen molar-refractivity contribution >= 4 is 5.91 Å². The third-order valence-electron chi connectivity index (χ3n) is 3.51. The Morgan fingerprint density at radius 3 is 2.24 bits per heavy atom. The Bertz CT molecular complexity index is 231. The first-order valence-electron chi connectivity index (χ1n) is 6.80. The Hall–Kier alpha value is -0.610. The summed E-state index contributed by atoms with van der Waals surface area (Å²) < 4.78 is 0. The maximum Gasteiger partial charge on any atom is 0.222 e. The van der Waals surface area contributed by atoms with Crippen LogP contribution in [0.4, 0.5) is 0 Å². The Labute approximate surface area is 105 Å². The maximum atomic E-state index is 11.9. The van der Waals surface area contributed by atoms with Gasteiger partial charge in [-0.15, -0.1) is 0 Å². The predicted octanol–water partition coefficient (Wildman–Crippen LogP) is 0.914. The van der Waals surface area contributed by atoms with Crippen molar-refractivity contribution in [3.63, 3.8) is 0 Å². The molecule has 1 unspecified atom stereocenters. The van der Waals surface area contributed by atoms with Crippen LogP contribution in [-0.4, -0.2) is 54.5 Å². The molecule has 0 spiro atoms. The predicted molar refractivity (Wildman–Crippen MR) is 70.7 cm³/mol. The van der Waals surface area contributed by atoms with E-state index >= 15 is 0 Å². The van der Waals surface area contributed by atoms with E-state index in [2.05, 4.69) is 25.7 Å². The minimum atomic E-state index is 0.306. The fourth-order valence-corrected chi connectivity index (χ4v) is 2.39. The van der Waals surface area contributed by atoms with E-state index in [0.717, 1.165) is 39.1 Å². The van der Waals surface area contributed by atoms with Gasteiger partial charge in [-0.3, -0.25) is 9.69 Å². The van der Waals surface area contributed by atoms with E-state index in [1.54, 1.807) is 0 Å². The molecule has 1 saturated heterocycles. The highest BCUT2D eigenvalue weighted by Crippen LogP contribution is 2.11. The van der Waals surface area contributed by atoms with Gasteiger partial charge < -0.3 is 10.6 Å². The minimum Gasteiger partial charge on any atom is -0.340 e. The lowest BCUT2D eigenvalue weighted by molar-refractivity contribution is -0.134. The van der Waals surface area contributed by atoms with Gasteiger partial charge >= 0.3 is 0 Å². The van der Waals surface area contributed by atoms with Crippen molar-refractivity contribution in [1.29, 1.82) is 0 Å². The molecule has 0 radical (unpaired) electrons. The molecule has 1 fully saturated rings. The lowest BCUT2D eigenvalue weighted by Gasteiger charge is -2.38. The summed E-state index contributed by atoms with van der Waals surface area (Å²) in [6.07, 6.45) is 1.77. The molecule has 1 heterocycles. The van der Waals surface area contributed by atoms with Crippen LogP contribution in [0.15, 0.2) is 0 Å². The van der Waals surface area contributed by atoms with Crippen molar-refractivity contribution in [1.82, 2.24) is 9.80 Å². The average molecular weight is 241 g/mol. The van der Waals surface area contributed by atoms with Gasteiger partial charge in [-0.2, -0.15) is 0 Å². The molecular formula is C13H27N3O. The molecule has 0 saturated carbocycles. The highest BCUT2D eigenvalue weighted by Gasteiger charge is 2.24. The molecule has 0 aromatic carbocycles. The van der Waals surface area contributed by atoms with Crippen LogP contribution in [0.2, 0.25) is 0 Å². The summed E-state index contributed by atoms with van der Waals surface area (Å²) in [7, 11) is 0. The van der Waals surface area contributed by atoms with E-state index in [-0.39, 0.29) is 0 Å². The van der Waals surface area contributed by atoms with Gasteiger partial charge in [0.05, 0.1) is 0 Å². The summed E-state index contributed by atoms with van der Waals surface area (Å²) >= 11 is 0. The standard InChI is InChI=1S/C13H27N3O/c1-4-12(10-14)15-5-7-16(8-6-15)13(17)9-11(2)3/h11-12H,4-10,14H2,1-3H3. The average Bonchev–Trinajstić information content (AvgIpc) is 2.30. The van der Waals surface area contributed by atoms with Gasteiger partial charge in [0.15, 0.2) is 0 Å². The second kappa shape index (κ2) is 6.97. The Balaban J connectivity index is 2.37. The number of amides is 1. The van der Waals surface area contributed by atoms with E-state index in [0.29, 0.717) is 24.3 Å². The molecule has 17 heavy (non-hydrogen) atoms. The Morgan fingerprint density at radius 2 is 1.82 bits per heavy atom.